The van der Waals surface area contributed by atoms with Crippen molar-refractivity contribution in [2.24, 2.45) is 4.99 Å². The van der Waals surface area contributed by atoms with Crippen LogP contribution in [-0.4, -0.2) is 49.4 Å². The lowest BCUT2D eigenvalue weighted by molar-refractivity contribution is -0.141. The van der Waals surface area contributed by atoms with E-state index in [-0.39, 0.29) is 30.1 Å². The van der Waals surface area contributed by atoms with Crippen LogP contribution < -0.4 is 4.80 Å². The van der Waals surface area contributed by atoms with Crippen LogP contribution in [0.1, 0.15) is 35.7 Å². The van der Waals surface area contributed by atoms with E-state index in [0.29, 0.717) is 4.80 Å². The van der Waals surface area contributed by atoms with Crippen LogP contribution >= 0.6 is 11.3 Å². The Bertz CT molecular complexity index is 1460. The largest absolute Gasteiger partial charge is 0.468 e. The Morgan fingerprint density at radius 3 is 2.38 bits per heavy atom. The fourth-order valence-corrected chi connectivity index (χ4v) is 6.19. The number of hydrogen-bond donors (Lipinski definition) is 0. The number of methoxy groups -OCH3 is 1. The zero-order valence-corrected chi connectivity index (χ0v) is 22.7. The van der Waals surface area contributed by atoms with Gasteiger partial charge in [-0.3, -0.25) is 9.59 Å². The zero-order valence-electron chi connectivity index (χ0n) is 21.1. The topological polar surface area (TPSA) is 98.0 Å². The van der Waals surface area contributed by atoms with Crippen LogP contribution in [0.2, 0.25) is 0 Å². The van der Waals surface area contributed by atoms with Gasteiger partial charge >= 0.3 is 5.97 Å². The summed E-state index contributed by atoms with van der Waals surface area (Å²) in [5.74, 6) is -1.00. The number of aromatic nitrogens is 1. The number of ether oxygens (including phenoxy) is 1. The highest BCUT2D eigenvalue weighted by atomic mass is 32.2. The molecule has 1 amide bonds. The number of nitrogens with zero attached hydrogens (tertiary/aromatic N) is 3. The number of aryl methyl sites for hydroxylation is 1. The number of hydrogen-bond acceptors (Lipinski definition) is 6. The molecule has 10 heteroatoms. The van der Waals surface area contributed by atoms with Crippen molar-refractivity contribution >= 4 is 43.5 Å². The average Bonchev–Trinajstić information content (AvgIpc) is 3.22. The lowest BCUT2D eigenvalue weighted by Gasteiger charge is -2.19. The van der Waals surface area contributed by atoms with Crippen LogP contribution in [0.25, 0.3) is 10.2 Å². The van der Waals surface area contributed by atoms with Gasteiger partial charge in [0.05, 0.1) is 22.2 Å². The van der Waals surface area contributed by atoms with Crippen molar-refractivity contribution in [1.29, 1.82) is 0 Å². The van der Waals surface area contributed by atoms with E-state index in [9.17, 15) is 18.0 Å². The van der Waals surface area contributed by atoms with Gasteiger partial charge in [-0.2, -0.15) is 9.30 Å². The number of unbranched alkanes of at least 4 members (excludes halogenated alkanes) is 1. The molecule has 0 N–H and O–H groups in total. The fourth-order valence-electron chi connectivity index (χ4n) is 3.71. The maximum atomic E-state index is 13.0. The molecule has 196 valence electrons. The molecule has 0 radical (unpaired) electrons. The molecule has 0 aliphatic heterocycles. The molecular formula is C27H31N3O5S2. The summed E-state index contributed by atoms with van der Waals surface area (Å²) in [4.78, 5) is 29.8. The molecule has 2 aromatic carbocycles. The number of rotatable bonds is 12. The summed E-state index contributed by atoms with van der Waals surface area (Å²) in [6.07, 6.45) is 6.09. The van der Waals surface area contributed by atoms with Gasteiger partial charge in [0.1, 0.15) is 6.54 Å². The number of thiazole rings is 1. The van der Waals surface area contributed by atoms with Crippen molar-refractivity contribution < 1.29 is 22.7 Å². The smallest absolute Gasteiger partial charge is 0.325 e. The molecule has 3 rings (SSSR count). The van der Waals surface area contributed by atoms with E-state index >= 15 is 0 Å². The third-order valence-electron chi connectivity index (χ3n) is 5.68. The summed E-state index contributed by atoms with van der Waals surface area (Å²) in [6.45, 7) is 9.53. The summed E-state index contributed by atoms with van der Waals surface area (Å²) in [5, 5.41) is 0. The highest BCUT2D eigenvalue weighted by molar-refractivity contribution is 7.89. The Labute approximate surface area is 221 Å². The summed E-state index contributed by atoms with van der Waals surface area (Å²) in [6, 6.07) is 11.6. The SMILES string of the molecule is C=CCN(CC=C)S(=O)(=O)c1ccc(C(=O)N=c2sc3cc(CCCC)ccc3n2CC(=O)OC)cc1. The zero-order chi connectivity index (χ0) is 27.0. The van der Waals surface area contributed by atoms with Gasteiger partial charge in [-0.05, 0) is 54.8 Å². The number of carbonyl (C=O) groups excluding carboxylic acids is 2. The van der Waals surface area contributed by atoms with Crippen molar-refractivity contribution in [1.82, 2.24) is 8.87 Å². The monoisotopic (exact) mass is 541 g/mol. The molecule has 0 aliphatic carbocycles. The molecule has 37 heavy (non-hydrogen) atoms. The van der Waals surface area contributed by atoms with E-state index in [1.54, 1.807) is 4.57 Å². The van der Waals surface area contributed by atoms with E-state index in [1.807, 2.05) is 12.1 Å². The van der Waals surface area contributed by atoms with Gasteiger partial charge < -0.3 is 9.30 Å². The van der Waals surface area contributed by atoms with E-state index in [1.165, 1.54) is 64.7 Å². The molecule has 0 saturated heterocycles. The quantitative estimate of drug-likeness (QED) is 0.251. The summed E-state index contributed by atoms with van der Waals surface area (Å²) in [5.41, 5.74) is 2.19. The number of amides is 1. The Morgan fingerprint density at radius 2 is 1.78 bits per heavy atom. The minimum absolute atomic E-state index is 0.0509. The minimum atomic E-state index is -3.78. The molecule has 0 atom stereocenters. The highest BCUT2D eigenvalue weighted by Crippen LogP contribution is 2.21. The van der Waals surface area contributed by atoms with Crippen LogP contribution in [0.15, 0.2) is 77.7 Å². The number of esters is 1. The van der Waals surface area contributed by atoms with E-state index in [0.717, 1.165) is 29.5 Å². The first-order chi connectivity index (χ1) is 17.7. The number of carbonyl (C=O) groups is 2. The Hall–Kier alpha value is -3.34. The number of fused-ring (bicyclic) bond motifs is 1. The van der Waals surface area contributed by atoms with Gasteiger partial charge in [-0.1, -0.05) is 42.9 Å². The lowest BCUT2D eigenvalue weighted by Crippen LogP contribution is -2.31. The van der Waals surface area contributed by atoms with Crippen LogP contribution in [0.3, 0.4) is 0 Å². The van der Waals surface area contributed by atoms with E-state index in [4.69, 9.17) is 4.74 Å². The van der Waals surface area contributed by atoms with Gasteiger partial charge in [0.15, 0.2) is 4.80 Å². The summed E-state index contributed by atoms with van der Waals surface area (Å²) >= 11 is 1.32. The van der Waals surface area contributed by atoms with E-state index in [2.05, 4.69) is 31.1 Å². The highest BCUT2D eigenvalue weighted by Gasteiger charge is 2.22. The number of benzene rings is 2. The van der Waals surface area contributed by atoms with Gasteiger partial charge in [-0.15, -0.1) is 13.2 Å². The third-order valence-corrected chi connectivity index (χ3v) is 8.57. The lowest BCUT2D eigenvalue weighted by atomic mass is 10.1. The first-order valence-corrected chi connectivity index (χ1v) is 14.1. The van der Waals surface area contributed by atoms with Crippen molar-refractivity contribution in [2.45, 2.75) is 37.6 Å². The number of sulfonamides is 1. The van der Waals surface area contributed by atoms with Crippen molar-refractivity contribution in [3.63, 3.8) is 0 Å². The first-order valence-electron chi connectivity index (χ1n) is 11.8. The third kappa shape index (κ3) is 6.71. The van der Waals surface area contributed by atoms with Crippen molar-refractivity contribution in [3.05, 3.63) is 83.7 Å². The van der Waals surface area contributed by atoms with Gasteiger partial charge in [0, 0.05) is 18.7 Å². The van der Waals surface area contributed by atoms with E-state index < -0.39 is 21.9 Å². The molecule has 0 saturated carbocycles. The second-order valence-corrected chi connectivity index (χ2v) is 11.2. The molecule has 8 nitrogen and oxygen atoms in total. The Balaban J connectivity index is 1.98. The van der Waals surface area contributed by atoms with Crippen LogP contribution in [-0.2, 0) is 32.5 Å². The Morgan fingerprint density at radius 1 is 1.11 bits per heavy atom. The molecule has 0 aliphatic rings. The van der Waals surface area contributed by atoms with Crippen LogP contribution in [0.4, 0.5) is 0 Å². The molecule has 3 aromatic rings. The molecule has 1 heterocycles. The predicted octanol–water partition coefficient (Wildman–Crippen LogP) is 4.32. The standard InChI is InChI=1S/C27H31N3O5S2/c1-5-8-9-20-10-15-23-24(18-20)36-27(30(23)19-25(31)35-4)28-26(32)21-11-13-22(14-12-21)37(33,34)29(16-6-2)17-7-3/h6-7,10-15,18H,2-3,5,8-9,16-17,19H2,1,4H3. The van der Waals surface area contributed by atoms with Gasteiger partial charge in [0.25, 0.3) is 5.91 Å². The normalized spacial score (nSPS) is 12.1. The van der Waals surface area contributed by atoms with Crippen LogP contribution in [0, 0.1) is 0 Å². The maximum Gasteiger partial charge on any atom is 0.325 e. The second kappa shape index (κ2) is 12.8. The molecule has 0 unspecified atom stereocenters. The van der Waals surface area contributed by atoms with Crippen molar-refractivity contribution in [2.75, 3.05) is 20.2 Å². The average molecular weight is 542 g/mol. The second-order valence-electron chi connectivity index (χ2n) is 8.29. The summed E-state index contributed by atoms with van der Waals surface area (Å²) < 4.78 is 34.5. The predicted molar refractivity (Wildman–Crippen MR) is 146 cm³/mol. The fraction of sp³-hybridized carbons (Fsp3) is 0.296. The molecule has 0 spiro atoms. The molecule has 1 aromatic heterocycles. The first kappa shape index (κ1) is 28.2. The van der Waals surface area contributed by atoms with Crippen molar-refractivity contribution in [3.8, 4) is 0 Å². The maximum absolute atomic E-state index is 13.0. The van der Waals surface area contributed by atoms with Gasteiger partial charge in [0.2, 0.25) is 10.0 Å². The van der Waals surface area contributed by atoms with Gasteiger partial charge in [-0.25, -0.2) is 8.42 Å². The molecule has 0 bridgehead atoms. The minimum Gasteiger partial charge on any atom is -0.468 e. The molecular weight excluding hydrogens is 510 g/mol. The van der Waals surface area contributed by atoms with Crippen LogP contribution in [0.5, 0.6) is 0 Å². The molecule has 0 fully saturated rings. The summed E-state index contributed by atoms with van der Waals surface area (Å²) in [7, 11) is -2.47. The Kier molecular flexibility index (Phi) is 9.73.